The predicted octanol–water partition coefficient (Wildman–Crippen LogP) is 6.18. The molecule has 0 bridgehead atoms. The van der Waals surface area contributed by atoms with Crippen molar-refractivity contribution in [1.82, 2.24) is 4.90 Å². The summed E-state index contributed by atoms with van der Waals surface area (Å²) in [7, 11) is 1.81. The van der Waals surface area contributed by atoms with Crippen LogP contribution in [0.4, 0.5) is 5.69 Å². The molecule has 0 saturated carbocycles. The summed E-state index contributed by atoms with van der Waals surface area (Å²) in [5.41, 5.74) is 4.38. The zero-order valence-electron chi connectivity index (χ0n) is 19.2. The number of aryl methyl sites for hydroxylation is 1. The first-order chi connectivity index (χ1) is 16.4. The van der Waals surface area contributed by atoms with Crippen LogP contribution in [0.25, 0.3) is 6.08 Å². The third-order valence-corrected chi connectivity index (χ3v) is 6.67. The average molecular weight is 584 g/mol. The van der Waals surface area contributed by atoms with Crippen molar-refractivity contribution >= 4 is 57.6 Å². The molecule has 1 heterocycles. The summed E-state index contributed by atoms with van der Waals surface area (Å²) in [4.78, 5) is 16.5. The van der Waals surface area contributed by atoms with Crippen LogP contribution in [-0.2, 0) is 11.4 Å². The van der Waals surface area contributed by atoms with Crippen LogP contribution in [0, 0.1) is 10.5 Å². The van der Waals surface area contributed by atoms with Crippen LogP contribution < -0.4 is 14.4 Å². The molecule has 0 aromatic heterocycles. The van der Waals surface area contributed by atoms with Crippen molar-refractivity contribution in [3.63, 3.8) is 0 Å². The molecule has 3 aromatic carbocycles. The second-order valence-corrected chi connectivity index (χ2v) is 9.41. The Balaban J connectivity index is 1.63. The molecule has 1 amide bonds. The van der Waals surface area contributed by atoms with Crippen molar-refractivity contribution in [3.05, 3.63) is 92.7 Å². The van der Waals surface area contributed by atoms with Gasteiger partial charge in [0.25, 0.3) is 5.91 Å². The van der Waals surface area contributed by atoms with Crippen LogP contribution >= 0.6 is 34.8 Å². The highest BCUT2D eigenvalue weighted by Crippen LogP contribution is 2.36. The van der Waals surface area contributed by atoms with Gasteiger partial charge in [-0.1, -0.05) is 48.0 Å². The molecule has 1 aliphatic heterocycles. The molecule has 34 heavy (non-hydrogen) atoms. The van der Waals surface area contributed by atoms with E-state index in [1.807, 2.05) is 62.5 Å². The SMILES string of the molecule is CCOc1cc(/C=C2/C(=O)N(c3ccccc3)C(=S)N2C)cc(I)c1OCc1ccc(C)cc1. The molecule has 1 fully saturated rings. The molecule has 4 rings (SSSR count). The Morgan fingerprint density at radius 1 is 1.03 bits per heavy atom. The second-order valence-electron chi connectivity index (χ2n) is 7.88. The van der Waals surface area contributed by atoms with Gasteiger partial charge in [0, 0.05) is 7.05 Å². The van der Waals surface area contributed by atoms with Gasteiger partial charge in [0.05, 0.1) is 15.9 Å². The fourth-order valence-corrected chi connectivity index (χ4v) is 4.70. The number of nitrogens with zero attached hydrogens (tertiary/aromatic N) is 2. The minimum atomic E-state index is -0.161. The number of anilines is 1. The molecule has 3 aromatic rings. The van der Waals surface area contributed by atoms with Crippen molar-refractivity contribution in [2.45, 2.75) is 20.5 Å². The van der Waals surface area contributed by atoms with Gasteiger partial charge in [-0.05, 0) is 90.1 Å². The molecule has 0 N–H and O–H groups in total. The van der Waals surface area contributed by atoms with Gasteiger partial charge >= 0.3 is 0 Å². The number of hydrogen-bond acceptors (Lipinski definition) is 4. The monoisotopic (exact) mass is 584 g/mol. The molecule has 5 nitrogen and oxygen atoms in total. The Labute approximate surface area is 219 Å². The largest absolute Gasteiger partial charge is 0.490 e. The van der Waals surface area contributed by atoms with Gasteiger partial charge in [-0.15, -0.1) is 0 Å². The number of benzene rings is 3. The number of amides is 1. The Bertz CT molecular complexity index is 1240. The lowest BCUT2D eigenvalue weighted by molar-refractivity contribution is -0.114. The van der Waals surface area contributed by atoms with E-state index < -0.39 is 0 Å². The van der Waals surface area contributed by atoms with Gasteiger partial charge in [-0.3, -0.25) is 9.69 Å². The fourth-order valence-electron chi connectivity index (χ4n) is 3.63. The number of carbonyl (C=O) groups is 1. The number of thiocarbonyl (C=S) groups is 1. The molecular formula is C27H25IN2O3S. The lowest BCUT2D eigenvalue weighted by atomic mass is 10.1. The molecule has 0 radical (unpaired) electrons. The van der Waals surface area contributed by atoms with Crippen molar-refractivity contribution < 1.29 is 14.3 Å². The first-order valence-electron chi connectivity index (χ1n) is 10.9. The molecule has 174 valence electrons. The van der Waals surface area contributed by atoms with E-state index >= 15 is 0 Å². The van der Waals surface area contributed by atoms with E-state index in [-0.39, 0.29) is 5.91 Å². The molecular weight excluding hydrogens is 559 g/mol. The maximum absolute atomic E-state index is 13.2. The van der Waals surface area contributed by atoms with E-state index in [4.69, 9.17) is 21.7 Å². The van der Waals surface area contributed by atoms with E-state index in [1.54, 1.807) is 9.80 Å². The Morgan fingerprint density at radius 3 is 2.41 bits per heavy atom. The molecule has 1 aliphatic rings. The number of carbonyl (C=O) groups excluding carboxylic acids is 1. The Kier molecular flexibility index (Phi) is 7.53. The Hall–Kier alpha value is -2.91. The summed E-state index contributed by atoms with van der Waals surface area (Å²) in [6.45, 7) is 4.94. The van der Waals surface area contributed by atoms with Crippen LogP contribution in [0.5, 0.6) is 11.5 Å². The average Bonchev–Trinajstić information content (AvgIpc) is 3.03. The van der Waals surface area contributed by atoms with Crippen LogP contribution in [0.2, 0.25) is 0 Å². The zero-order chi connectivity index (χ0) is 24.2. The second kappa shape index (κ2) is 10.6. The van der Waals surface area contributed by atoms with Crippen molar-refractivity contribution in [1.29, 1.82) is 0 Å². The molecule has 0 atom stereocenters. The summed E-state index contributed by atoms with van der Waals surface area (Å²) in [5.74, 6) is 1.17. The highest BCUT2D eigenvalue weighted by Gasteiger charge is 2.36. The predicted molar refractivity (Wildman–Crippen MR) is 148 cm³/mol. The van der Waals surface area contributed by atoms with Gasteiger partial charge in [0.1, 0.15) is 12.3 Å². The summed E-state index contributed by atoms with van der Waals surface area (Å²) in [5, 5.41) is 0.445. The fraction of sp³-hybridized carbons (Fsp3) is 0.185. The molecule has 0 aliphatic carbocycles. The van der Waals surface area contributed by atoms with E-state index in [1.165, 1.54) is 5.56 Å². The summed E-state index contributed by atoms with van der Waals surface area (Å²) >= 11 is 7.81. The zero-order valence-corrected chi connectivity index (χ0v) is 22.2. The minimum Gasteiger partial charge on any atom is -0.490 e. The van der Waals surface area contributed by atoms with Gasteiger partial charge in [-0.25, -0.2) is 0 Å². The topological polar surface area (TPSA) is 42.0 Å². The number of rotatable bonds is 7. The van der Waals surface area contributed by atoms with Crippen LogP contribution in [-0.4, -0.2) is 29.6 Å². The first kappa shape index (κ1) is 24.2. The maximum atomic E-state index is 13.2. The quantitative estimate of drug-likeness (QED) is 0.189. The van der Waals surface area contributed by atoms with Crippen LogP contribution in [0.3, 0.4) is 0 Å². The van der Waals surface area contributed by atoms with E-state index in [0.717, 1.165) is 20.4 Å². The van der Waals surface area contributed by atoms with Gasteiger partial charge in [0.15, 0.2) is 16.6 Å². The van der Waals surface area contributed by atoms with E-state index in [9.17, 15) is 4.79 Å². The van der Waals surface area contributed by atoms with E-state index in [0.29, 0.717) is 35.5 Å². The third kappa shape index (κ3) is 5.10. The van der Waals surface area contributed by atoms with E-state index in [2.05, 4.69) is 53.8 Å². The highest BCUT2D eigenvalue weighted by molar-refractivity contribution is 14.1. The van der Waals surface area contributed by atoms with Crippen molar-refractivity contribution in [3.8, 4) is 11.5 Å². The highest BCUT2D eigenvalue weighted by atomic mass is 127. The number of likely N-dealkylation sites (N-methyl/N-ethyl adjacent to an activating group) is 1. The van der Waals surface area contributed by atoms with Gasteiger partial charge < -0.3 is 14.4 Å². The molecule has 7 heteroatoms. The minimum absolute atomic E-state index is 0.161. The lowest BCUT2D eigenvalue weighted by Crippen LogP contribution is -2.30. The third-order valence-electron chi connectivity index (χ3n) is 5.42. The smallest absolute Gasteiger partial charge is 0.281 e. The molecule has 0 spiro atoms. The summed E-state index contributed by atoms with van der Waals surface area (Å²) < 4.78 is 12.9. The van der Waals surface area contributed by atoms with Crippen LogP contribution in [0.15, 0.2) is 72.4 Å². The summed E-state index contributed by atoms with van der Waals surface area (Å²) in [6.07, 6.45) is 1.84. The summed E-state index contributed by atoms with van der Waals surface area (Å²) in [6, 6.07) is 21.6. The van der Waals surface area contributed by atoms with Gasteiger partial charge in [0.2, 0.25) is 0 Å². The molecule has 0 unspecified atom stereocenters. The van der Waals surface area contributed by atoms with Gasteiger partial charge in [-0.2, -0.15) is 0 Å². The number of para-hydroxylation sites is 1. The maximum Gasteiger partial charge on any atom is 0.281 e. The Morgan fingerprint density at radius 2 is 1.74 bits per heavy atom. The first-order valence-corrected chi connectivity index (χ1v) is 12.4. The van der Waals surface area contributed by atoms with Crippen molar-refractivity contribution in [2.24, 2.45) is 0 Å². The number of halogens is 1. The lowest BCUT2D eigenvalue weighted by Gasteiger charge is -2.16. The standard InChI is InChI=1S/C27H25IN2O3S/c1-4-32-24-16-20(14-22(28)25(24)33-17-19-12-10-18(2)11-13-19)15-23-26(31)30(27(34)29(23)3)21-8-6-5-7-9-21/h5-16H,4,17H2,1-3H3/b23-15-. The van der Waals surface area contributed by atoms with Crippen molar-refractivity contribution in [2.75, 3.05) is 18.6 Å². The normalized spacial score (nSPS) is 14.8. The molecule has 1 saturated heterocycles. The number of hydrogen-bond donors (Lipinski definition) is 0. The van der Waals surface area contributed by atoms with Crippen LogP contribution in [0.1, 0.15) is 23.6 Å². The number of ether oxygens (including phenoxy) is 2.